The molecule has 1 aliphatic heterocycles. The van der Waals surface area contributed by atoms with Crippen molar-refractivity contribution in [3.63, 3.8) is 0 Å². The molecule has 2 aromatic rings. The van der Waals surface area contributed by atoms with Crippen LogP contribution in [0, 0.1) is 12.3 Å². The number of fused-ring (bicyclic) bond motifs is 1. The highest BCUT2D eigenvalue weighted by Gasteiger charge is 2.32. The number of hydrogen-bond donors (Lipinski definition) is 1. The Bertz CT molecular complexity index is 1280. The van der Waals surface area contributed by atoms with E-state index in [9.17, 15) is 18.0 Å². The van der Waals surface area contributed by atoms with Crippen LogP contribution in [0.25, 0.3) is 0 Å². The van der Waals surface area contributed by atoms with Crippen LogP contribution in [-0.2, 0) is 21.1 Å². The van der Waals surface area contributed by atoms with Crippen LogP contribution in [-0.4, -0.2) is 37.8 Å². The molecule has 2 aliphatic carbocycles. The number of nitrogens with zero attached hydrogens (tertiary/aromatic N) is 1. The van der Waals surface area contributed by atoms with Gasteiger partial charge in [-0.1, -0.05) is 36.4 Å². The number of allylic oxidation sites excluding steroid dienone is 2. The topological polar surface area (TPSA) is 83.5 Å². The molecule has 177 valence electrons. The van der Waals surface area contributed by atoms with E-state index in [1.807, 2.05) is 24.3 Å². The average molecular weight is 478 g/mol. The molecule has 7 heteroatoms. The molecule has 3 aliphatic rings. The fraction of sp³-hybridized carbons (Fsp3) is 0.296. The first kappa shape index (κ1) is 22.6. The van der Waals surface area contributed by atoms with Crippen LogP contribution in [0.4, 0.5) is 11.4 Å². The second-order valence-corrected chi connectivity index (χ2v) is 11.4. The summed E-state index contributed by atoms with van der Waals surface area (Å²) in [6, 6.07) is 14.8. The molecule has 1 N–H and O–H groups in total. The van der Waals surface area contributed by atoms with Gasteiger partial charge in [0, 0.05) is 31.3 Å². The number of sulfone groups is 1. The average Bonchev–Trinajstić information content (AvgIpc) is 3.53. The molecule has 1 unspecified atom stereocenters. The molecule has 1 saturated carbocycles. The number of carbonyl (C=O) groups excluding carboxylic acids is 2. The summed E-state index contributed by atoms with van der Waals surface area (Å²) < 4.78 is 24.8. The lowest BCUT2D eigenvalue weighted by atomic mass is 10.0. The van der Waals surface area contributed by atoms with E-state index in [1.54, 1.807) is 53.8 Å². The highest BCUT2D eigenvalue weighted by atomic mass is 32.2. The van der Waals surface area contributed by atoms with Gasteiger partial charge in [-0.3, -0.25) is 9.59 Å². The van der Waals surface area contributed by atoms with Crippen LogP contribution in [0.5, 0.6) is 0 Å². The maximum absolute atomic E-state index is 12.9. The van der Waals surface area contributed by atoms with Gasteiger partial charge in [0.1, 0.15) is 0 Å². The van der Waals surface area contributed by atoms with Gasteiger partial charge in [0.05, 0.1) is 17.4 Å². The number of anilines is 2. The lowest BCUT2D eigenvalue weighted by molar-refractivity contribution is -0.115. The lowest BCUT2D eigenvalue weighted by Gasteiger charge is -2.18. The molecule has 5 rings (SSSR count). The Kier molecular flexibility index (Phi) is 6.13. The number of hydrogen-bond acceptors (Lipinski definition) is 4. The largest absolute Gasteiger partial charge is 0.326 e. The van der Waals surface area contributed by atoms with Gasteiger partial charge in [0.2, 0.25) is 5.91 Å². The van der Waals surface area contributed by atoms with Gasteiger partial charge in [-0.15, -0.1) is 0 Å². The zero-order chi connectivity index (χ0) is 23.7. The minimum absolute atomic E-state index is 0. The Morgan fingerprint density at radius 3 is 2.53 bits per heavy atom. The number of amides is 2. The smallest absolute Gasteiger partial charge is 0.258 e. The third-order valence-corrected chi connectivity index (χ3v) is 8.57. The number of carbonyl (C=O) groups is 2. The van der Waals surface area contributed by atoms with Crippen molar-refractivity contribution in [3.05, 3.63) is 89.9 Å². The van der Waals surface area contributed by atoms with E-state index in [0.29, 0.717) is 23.7 Å². The van der Waals surface area contributed by atoms with Crippen molar-refractivity contribution in [2.75, 3.05) is 22.5 Å². The van der Waals surface area contributed by atoms with Gasteiger partial charge in [0.15, 0.2) is 9.84 Å². The maximum Gasteiger partial charge on any atom is 0.258 e. The van der Waals surface area contributed by atoms with Crippen molar-refractivity contribution in [2.24, 2.45) is 5.92 Å². The van der Waals surface area contributed by atoms with Crippen LogP contribution in [0.2, 0.25) is 0 Å². The summed E-state index contributed by atoms with van der Waals surface area (Å²) in [4.78, 5) is 27.2. The fourth-order valence-electron chi connectivity index (χ4n) is 4.43. The summed E-state index contributed by atoms with van der Waals surface area (Å²) in [5, 5.41) is 2.24. The normalized spacial score (nSPS) is 19.5. The number of nitrogens with one attached hydrogen (secondary N) is 1. The van der Waals surface area contributed by atoms with E-state index in [4.69, 9.17) is 0 Å². The van der Waals surface area contributed by atoms with Crippen molar-refractivity contribution in [1.82, 2.24) is 0 Å². The Balaban J connectivity index is 0.00000289. The molecule has 2 amide bonds. The molecular weight excluding hydrogens is 448 g/mol. The Morgan fingerprint density at radius 1 is 1.06 bits per heavy atom. The highest BCUT2D eigenvalue weighted by Crippen LogP contribution is 2.33. The molecule has 1 atom stereocenters. The van der Waals surface area contributed by atoms with E-state index in [-0.39, 0.29) is 25.4 Å². The summed E-state index contributed by atoms with van der Waals surface area (Å²) in [5.74, 6) is 0.305. The summed E-state index contributed by atoms with van der Waals surface area (Å²) in [7, 11) is -3.17. The van der Waals surface area contributed by atoms with E-state index in [2.05, 4.69) is 5.32 Å². The molecule has 1 fully saturated rings. The van der Waals surface area contributed by atoms with Crippen LogP contribution in [0.1, 0.15) is 36.6 Å². The third kappa shape index (κ3) is 4.99. The zero-order valence-electron chi connectivity index (χ0n) is 18.8. The molecule has 0 spiro atoms. The number of rotatable bonds is 7. The van der Waals surface area contributed by atoms with Crippen LogP contribution >= 0.6 is 0 Å². The van der Waals surface area contributed by atoms with E-state index >= 15 is 0 Å². The van der Waals surface area contributed by atoms with E-state index in [0.717, 1.165) is 30.5 Å². The van der Waals surface area contributed by atoms with E-state index in [1.165, 1.54) is 5.56 Å². The van der Waals surface area contributed by atoms with Gasteiger partial charge in [-0.05, 0) is 66.6 Å². The van der Waals surface area contributed by atoms with Crippen molar-refractivity contribution in [3.8, 4) is 0 Å². The lowest BCUT2D eigenvalue weighted by Crippen LogP contribution is -2.28. The van der Waals surface area contributed by atoms with Crippen LogP contribution in [0.15, 0.2) is 72.3 Å². The van der Waals surface area contributed by atoms with Crippen molar-refractivity contribution < 1.29 is 19.4 Å². The van der Waals surface area contributed by atoms with Crippen molar-refractivity contribution in [1.29, 1.82) is 0 Å². The Hall–Kier alpha value is -3.19. The van der Waals surface area contributed by atoms with Crippen molar-refractivity contribution >= 4 is 33.0 Å². The summed E-state index contributed by atoms with van der Waals surface area (Å²) in [6.45, 7) is 0.666. The van der Waals surface area contributed by atoms with Crippen LogP contribution < -0.4 is 10.2 Å². The minimum Gasteiger partial charge on any atom is -0.326 e. The Morgan fingerprint density at radius 2 is 1.82 bits per heavy atom. The predicted octanol–water partition coefficient (Wildman–Crippen LogP) is 4.36. The van der Waals surface area contributed by atoms with Gasteiger partial charge in [-0.2, -0.15) is 0 Å². The molecule has 0 bridgehead atoms. The van der Waals surface area contributed by atoms with Gasteiger partial charge in [0.25, 0.3) is 5.91 Å². The number of benzene rings is 2. The first-order valence-electron chi connectivity index (χ1n) is 11.6. The molecule has 2 aromatic carbocycles. The second-order valence-electron chi connectivity index (χ2n) is 9.17. The van der Waals surface area contributed by atoms with Gasteiger partial charge in [-0.25, -0.2) is 8.42 Å². The number of para-hydroxylation sites is 1. The molecule has 0 aromatic heterocycles. The maximum atomic E-state index is 12.9. The first-order chi connectivity index (χ1) is 16.4. The Labute approximate surface area is 201 Å². The van der Waals surface area contributed by atoms with Gasteiger partial charge < -0.3 is 10.2 Å². The van der Waals surface area contributed by atoms with E-state index < -0.39 is 15.1 Å². The van der Waals surface area contributed by atoms with Gasteiger partial charge >= 0.3 is 0 Å². The van der Waals surface area contributed by atoms with Crippen molar-refractivity contribution in [2.45, 2.75) is 30.9 Å². The van der Waals surface area contributed by atoms with Crippen LogP contribution in [0.3, 0.4) is 0 Å². The standard InChI is InChI=1S/C27H27N2O4S.H2/c30-26(17-19-7-13-24(14-8-19)34(32,33)18-20-5-6-20)28-23-11-9-22(10-12-23)27(31)29-16-15-21-3-1-2-4-25(21)29;/h1-4,7-14,20,24H,5-6,15-18H2,(H,28,30);1H. The SMILES string of the molecule is O=C(CC1=C[CH]C(S(=O)(=O)CC2CC2)C=C1)Nc1ccc(C(=O)N2CCc3ccccc32)cc1.[HH]. The minimum atomic E-state index is -3.17. The second kappa shape index (κ2) is 9.22. The molecule has 0 saturated heterocycles. The summed E-state index contributed by atoms with van der Waals surface area (Å²) >= 11 is 0. The third-order valence-electron chi connectivity index (χ3n) is 6.49. The molecule has 6 nitrogen and oxygen atoms in total. The highest BCUT2D eigenvalue weighted by molar-refractivity contribution is 7.92. The predicted molar refractivity (Wildman–Crippen MR) is 135 cm³/mol. The fourth-order valence-corrected chi connectivity index (χ4v) is 6.28. The monoisotopic (exact) mass is 477 g/mol. The quantitative estimate of drug-likeness (QED) is 0.642. The molecule has 1 radical (unpaired) electrons. The molecular formula is C27H29N2O4S. The zero-order valence-corrected chi connectivity index (χ0v) is 19.6. The first-order valence-corrected chi connectivity index (χ1v) is 13.3. The summed E-state index contributed by atoms with van der Waals surface area (Å²) in [5.41, 5.74) is 4.07. The summed E-state index contributed by atoms with van der Waals surface area (Å²) in [6.07, 6.45) is 9.78. The molecule has 1 heterocycles. The molecule has 34 heavy (non-hydrogen) atoms.